The lowest BCUT2D eigenvalue weighted by Gasteiger charge is -2.28. The first-order valence-electron chi connectivity index (χ1n) is 11.3. The number of carbonyl (C=O) groups excluding carboxylic acids is 2. The Morgan fingerprint density at radius 3 is 2.48 bits per heavy atom. The summed E-state index contributed by atoms with van der Waals surface area (Å²) in [4.78, 5) is 24.5. The van der Waals surface area contributed by atoms with E-state index in [1.54, 1.807) is 6.92 Å². The predicted molar refractivity (Wildman–Crippen MR) is 123 cm³/mol. The second kappa shape index (κ2) is 13.4. The molecule has 0 aliphatic carbocycles. The van der Waals surface area contributed by atoms with Crippen LogP contribution in [0.15, 0.2) is 60.7 Å². The van der Waals surface area contributed by atoms with Crippen molar-refractivity contribution in [2.75, 3.05) is 19.8 Å². The van der Waals surface area contributed by atoms with Crippen molar-refractivity contribution >= 4 is 12.0 Å². The van der Waals surface area contributed by atoms with Gasteiger partial charge in [-0.25, -0.2) is 4.79 Å². The van der Waals surface area contributed by atoms with Crippen LogP contribution >= 0.6 is 0 Å². The minimum atomic E-state index is -0.769. The Labute approximate surface area is 194 Å². The molecule has 3 rings (SSSR count). The Kier molecular flexibility index (Phi) is 10.0. The quantitative estimate of drug-likeness (QED) is 0.538. The maximum atomic E-state index is 12.5. The second-order valence-corrected chi connectivity index (χ2v) is 7.85. The highest BCUT2D eigenvalue weighted by atomic mass is 16.7. The highest BCUT2D eigenvalue weighted by molar-refractivity contribution is 5.85. The van der Waals surface area contributed by atoms with Crippen molar-refractivity contribution in [1.82, 2.24) is 10.6 Å². The first-order valence-corrected chi connectivity index (χ1v) is 11.3. The standard InChI is InChI=1S/C25H32N2O6/c1-19(27-25(29)32-17-20-10-4-2-5-11-20)24(28)26-16-22(33-23-14-8-9-15-30-23)18-31-21-12-6-3-7-13-21/h2-7,10-13,19,22-23H,8-9,14-18H2,1H3,(H,26,28)(H,27,29)/t19-,22?,23?/m0/s1. The van der Waals surface area contributed by atoms with Gasteiger partial charge in [-0.3, -0.25) is 4.79 Å². The maximum absolute atomic E-state index is 12.5. The van der Waals surface area contributed by atoms with Gasteiger partial charge in [0.15, 0.2) is 6.29 Å². The van der Waals surface area contributed by atoms with Crippen LogP contribution in [0.5, 0.6) is 5.75 Å². The molecule has 1 heterocycles. The molecule has 1 aliphatic heterocycles. The van der Waals surface area contributed by atoms with Gasteiger partial charge < -0.3 is 29.6 Å². The SMILES string of the molecule is C[C@H](NC(=O)OCc1ccccc1)C(=O)NCC(COc1ccccc1)OC1CCCCO1. The fraction of sp³-hybridized carbons (Fsp3) is 0.440. The molecule has 0 spiro atoms. The molecule has 1 saturated heterocycles. The van der Waals surface area contributed by atoms with Gasteiger partial charge in [0.2, 0.25) is 5.91 Å². The Hall–Kier alpha value is -3.10. The lowest BCUT2D eigenvalue weighted by atomic mass is 10.2. The smallest absolute Gasteiger partial charge is 0.408 e. The van der Waals surface area contributed by atoms with Gasteiger partial charge in [0.25, 0.3) is 0 Å². The van der Waals surface area contributed by atoms with Gasteiger partial charge in [0.1, 0.15) is 31.1 Å². The van der Waals surface area contributed by atoms with Crippen molar-refractivity contribution < 1.29 is 28.5 Å². The number of nitrogens with one attached hydrogen (secondary N) is 2. The summed E-state index contributed by atoms with van der Waals surface area (Å²) in [6.45, 7) is 2.87. The largest absolute Gasteiger partial charge is 0.491 e. The summed E-state index contributed by atoms with van der Waals surface area (Å²) in [6, 6.07) is 18.0. The van der Waals surface area contributed by atoms with Gasteiger partial charge in [0, 0.05) is 13.2 Å². The van der Waals surface area contributed by atoms with Gasteiger partial charge in [0.05, 0.1) is 0 Å². The van der Waals surface area contributed by atoms with Crippen LogP contribution in [0, 0.1) is 0 Å². The summed E-state index contributed by atoms with van der Waals surface area (Å²) < 4.78 is 22.7. The topological polar surface area (TPSA) is 95.1 Å². The summed E-state index contributed by atoms with van der Waals surface area (Å²) >= 11 is 0. The molecule has 33 heavy (non-hydrogen) atoms. The van der Waals surface area contributed by atoms with E-state index in [0.29, 0.717) is 6.61 Å². The summed E-state index contributed by atoms with van der Waals surface area (Å²) in [7, 11) is 0. The number of amides is 2. The monoisotopic (exact) mass is 456 g/mol. The second-order valence-electron chi connectivity index (χ2n) is 7.85. The molecule has 1 aliphatic rings. The molecule has 2 aromatic carbocycles. The van der Waals surface area contributed by atoms with Crippen LogP contribution in [0.2, 0.25) is 0 Å². The normalized spacial score (nSPS) is 17.4. The maximum Gasteiger partial charge on any atom is 0.408 e. The zero-order chi connectivity index (χ0) is 23.3. The number of alkyl carbamates (subject to hydrolysis) is 1. The van der Waals surface area contributed by atoms with Gasteiger partial charge in [-0.15, -0.1) is 0 Å². The van der Waals surface area contributed by atoms with E-state index >= 15 is 0 Å². The van der Waals surface area contributed by atoms with E-state index in [9.17, 15) is 9.59 Å². The van der Waals surface area contributed by atoms with Gasteiger partial charge in [-0.1, -0.05) is 48.5 Å². The fourth-order valence-corrected chi connectivity index (χ4v) is 3.26. The molecule has 178 valence electrons. The van der Waals surface area contributed by atoms with Crippen LogP contribution in [0.1, 0.15) is 31.7 Å². The molecule has 1 fully saturated rings. The molecule has 2 unspecified atom stereocenters. The third-order valence-electron chi connectivity index (χ3n) is 5.11. The Balaban J connectivity index is 1.44. The Morgan fingerprint density at radius 1 is 1.06 bits per heavy atom. The van der Waals surface area contributed by atoms with E-state index in [1.165, 1.54) is 0 Å². The van der Waals surface area contributed by atoms with E-state index in [2.05, 4.69) is 10.6 Å². The van der Waals surface area contributed by atoms with Crippen molar-refractivity contribution in [2.24, 2.45) is 0 Å². The van der Waals surface area contributed by atoms with Crippen LogP contribution in [0.4, 0.5) is 4.79 Å². The highest BCUT2D eigenvalue weighted by Gasteiger charge is 2.23. The summed E-state index contributed by atoms with van der Waals surface area (Å²) in [5, 5.41) is 5.36. The molecule has 0 radical (unpaired) electrons. The van der Waals surface area contributed by atoms with Crippen LogP contribution in [-0.4, -0.2) is 50.2 Å². The number of carbonyl (C=O) groups is 2. The minimum Gasteiger partial charge on any atom is -0.491 e. The molecule has 3 atom stereocenters. The first kappa shape index (κ1) is 24.5. The molecule has 2 amide bonds. The average molecular weight is 457 g/mol. The van der Waals surface area contributed by atoms with E-state index < -0.39 is 18.2 Å². The number of rotatable bonds is 11. The van der Waals surface area contributed by atoms with Crippen LogP contribution < -0.4 is 15.4 Å². The van der Waals surface area contributed by atoms with E-state index in [1.807, 2.05) is 60.7 Å². The lowest BCUT2D eigenvalue weighted by Crippen LogP contribution is -2.48. The fourth-order valence-electron chi connectivity index (χ4n) is 3.26. The summed E-state index contributed by atoms with van der Waals surface area (Å²) in [6.07, 6.45) is 1.48. The van der Waals surface area contributed by atoms with Crippen LogP contribution in [0.3, 0.4) is 0 Å². The van der Waals surface area contributed by atoms with Crippen LogP contribution in [0.25, 0.3) is 0 Å². The zero-order valence-corrected chi connectivity index (χ0v) is 18.9. The van der Waals surface area contributed by atoms with Crippen molar-refractivity contribution in [3.63, 3.8) is 0 Å². The van der Waals surface area contributed by atoms with Crippen molar-refractivity contribution in [2.45, 2.75) is 51.2 Å². The van der Waals surface area contributed by atoms with Crippen molar-refractivity contribution in [3.05, 3.63) is 66.2 Å². The number of ether oxygens (including phenoxy) is 4. The minimum absolute atomic E-state index is 0.134. The molecule has 2 N–H and O–H groups in total. The van der Waals surface area contributed by atoms with Gasteiger partial charge in [-0.05, 0) is 43.9 Å². The predicted octanol–water partition coefficient (Wildman–Crippen LogP) is 3.41. The number of benzene rings is 2. The van der Waals surface area contributed by atoms with E-state index in [-0.39, 0.29) is 32.0 Å². The lowest BCUT2D eigenvalue weighted by molar-refractivity contribution is -0.192. The van der Waals surface area contributed by atoms with Crippen molar-refractivity contribution in [3.8, 4) is 5.75 Å². The summed E-state index contributed by atoms with van der Waals surface area (Å²) in [5.41, 5.74) is 0.869. The Morgan fingerprint density at radius 2 is 1.79 bits per heavy atom. The molecule has 0 aromatic heterocycles. The Bertz CT molecular complexity index is 842. The summed E-state index contributed by atoms with van der Waals surface area (Å²) in [5.74, 6) is 0.378. The molecule has 8 nitrogen and oxygen atoms in total. The third-order valence-corrected chi connectivity index (χ3v) is 5.11. The van der Waals surface area contributed by atoms with E-state index in [4.69, 9.17) is 18.9 Å². The van der Waals surface area contributed by atoms with Crippen molar-refractivity contribution in [1.29, 1.82) is 0 Å². The molecular weight excluding hydrogens is 424 g/mol. The van der Waals surface area contributed by atoms with E-state index in [0.717, 1.165) is 30.6 Å². The number of hydrogen-bond acceptors (Lipinski definition) is 6. The molecule has 0 bridgehead atoms. The zero-order valence-electron chi connectivity index (χ0n) is 18.9. The molecule has 0 saturated carbocycles. The highest BCUT2D eigenvalue weighted by Crippen LogP contribution is 2.16. The molecule has 2 aromatic rings. The number of para-hydroxylation sites is 1. The third kappa shape index (κ3) is 9.11. The van der Waals surface area contributed by atoms with Crippen LogP contribution in [-0.2, 0) is 25.6 Å². The van der Waals surface area contributed by atoms with Gasteiger partial charge >= 0.3 is 6.09 Å². The van der Waals surface area contributed by atoms with Gasteiger partial charge in [-0.2, -0.15) is 0 Å². The molecule has 8 heteroatoms. The average Bonchev–Trinajstić information content (AvgIpc) is 2.86. The first-order chi connectivity index (χ1) is 16.1. The number of hydrogen-bond donors (Lipinski definition) is 2. The molecular formula is C25H32N2O6.